The lowest BCUT2D eigenvalue weighted by atomic mass is 10.3. The molecule has 0 aromatic carbocycles. The molecule has 0 spiro atoms. The van der Waals surface area contributed by atoms with E-state index in [-0.39, 0.29) is 5.91 Å². The van der Waals surface area contributed by atoms with Gasteiger partial charge in [-0.25, -0.2) is 4.98 Å². The summed E-state index contributed by atoms with van der Waals surface area (Å²) < 4.78 is 43.0. The molecule has 5 nitrogen and oxygen atoms in total. The lowest BCUT2D eigenvalue weighted by Gasteiger charge is -2.08. The van der Waals surface area contributed by atoms with Gasteiger partial charge >= 0.3 is 6.18 Å². The minimum absolute atomic E-state index is 0.282. The fraction of sp³-hybridized carbons (Fsp3) is 0.368. The Morgan fingerprint density at radius 3 is 2.70 bits per heavy atom. The second kappa shape index (κ2) is 7.85. The third-order valence-corrected chi connectivity index (χ3v) is 4.34. The fourth-order valence-corrected chi connectivity index (χ4v) is 2.63. The molecule has 2 heterocycles. The van der Waals surface area contributed by atoms with Gasteiger partial charge in [-0.1, -0.05) is 6.92 Å². The molecule has 0 bridgehead atoms. The monoisotopic (exact) mass is 379 g/mol. The van der Waals surface area contributed by atoms with Crippen molar-refractivity contribution in [2.45, 2.75) is 25.4 Å². The second-order valence-electron chi connectivity index (χ2n) is 6.54. The summed E-state index contributed by atoms with van der Waals surface area (Å²) in [6, 6.07) is 5.98. The normalized spacial score (nSPS) is 19.3. The Hall–Kier alpha value is -2.77. The number of nitrogens with zero attached hydrogens (tertiary/aromatic N) is 1. The van der Waals surface area contributed by atoms with Gasteiger partial charge in [0.25, 0.3) is 0 Å². The number of amides is 1. The Kier molecular flexibility index (Phi) is 5.53. The van der Waals surface area contributed by atoms with Gasteiger partial charge in [0.15, 0.2) is 0 Å². The van der Waals surface area contributed by atoms with E-state index in [1.807, 2.05) is 12.1 Å². The minimum atomic E-state index is -4.41. The van der Waals surface area contributed by atoms with Crippen molar-refractivity contribution < 1.29 is 22.4 Å². The highest BCUT2D eigenvalue weighted by molar-refractivity contribution is 5.91. The van der Waals surface area contributed by atoms with Gasteiger partial charge < -0.3 is 15.1 Å². The number of carbonyl (C=O) groups is 1. The molecule has 1 aliphatic carbocycles. The maximum Gasteiger partial charge on any atom is 0.417 e. The number of alkyl halides is 3. The molecule has 2 atom stereocenters. The van der Waals surface area contributed by atoms with E-state index in [1.165, 1.54) is 12.1 Å². The predicted octanol–water partition coefficient (Wildman–Crippen LogP) is 4.06. The molecule has 1 fully saturated rings. The molecule has 0 unspecified atom stereocenters. The summed E-state index contributed by atoms with van der Waals surface area (Å²) in [7, 11) is 0. The number of rotatable bonds is 7. The zero-order valence-corrected chi connectivity index (χ0v) is 14.7. The lowest BCUT2D eigenvalue weighted by Crippen LogP contribution is -2.27. The number of furan rings is 1. The maximum absolute atomic E-state index is 12.5. The highest BCUT2D eigenvalue weighted by Gasteiger charge is 2.36. The predicted molar refractivity (Wildman–Crippen MR) is 95.0 cm³/mol. The van der Waals surface area contributed by atoms with Crippen molar-refractivity contribution in [3.8, 4) is 0 Å². The van der Waals surface area contributed by atoms with Crippen LogP contribution in [0.15, 0.2) is 41.0 Å². The van der Waals surface area contributed by atoms with Crippen molar-refractivity contribution in [1.29, 1.82) is 0 Å². The highest BCUT2D eigenvalue weighted by atomic mass is 19.4. The van der Waals surface area contributed by atoms with Crippen LogP contribution in [0, 0.1) is 5.92 Å². The van der Waals surface area contributed by atoms with Gasteiger partial charge in [0.1, 0.15) is 17.3 Å². The van der Waals surface area contributed by atoms with Gasteiger partial charge in [-0.15, -0.1) is 0 Å². The van der Waals surface area contributed by atoms with Crippen LogP contribution in [-0.2, 0) is 11.0 Å². The maximum atomic E-state index is 12.5. The molecule has 3 rings (SSSR count). The first-order valence-electron chi connectivity index (χ1n) is 8.65. The van der Waals surface area contributed by atoms with Crippen LogP contribution in [0.25, 0.3) is 6.08 Å². The highest BCUT2D eigenvalue weighted by Crippen LogP contribution is 2.47. The number of hydrogen-bond acceptors (Lipinski definition) is 4. The molecular formula is C19H20F3N3O2. The van der Waals surface area contributed by atoms with E-state index in [0.29, 0.717) is 36.5 Å². The van der Waals surface area contributed by atoms with Crippen LogP contribution >= 0.6 is 0 Å². The Morgan fingerprint density at radius 2 is 2.07 bits per heavy atom. The van der Waals surface area contributed by atoms with Crippen LogP contribution < -0.4 is 10.6 Å². The molecule has 144 valence electrons. The summed E-state index contributed by atoms with van der Waals surface area (Å²) in [5.41, 5.74) is -0.802. The van der Waals surface area contributed by atoms with Crippen molar-refractivity contribution >= 4 is 17.8 Å². The third kappa shape index (κ3) is 5.35. The quantitative estimate of drug-likeness (QED) is 0.562. The van der Waals surface area contributed by atoms with Gasteiger partial charge in [0.05, 0.1) is 5.56 Å². The van der Waals surface area contributed by atoms with Crippen LogP contribution in [0.3, 0.4) is 0 Å². The first-order chi connectivity index (χ1) is 12.8. The van der Waals surface area contributed by atoms with Gasteiger partial charge in [-0.05, 0) is 42.7 Å². The van der Waals surface area contributed by atoms with E-state index in [4.69, 9.17) is 4.42 Å². The standard InChI is InChI=1S/C19H20F3N3O2/c1-12-10-15(12)16-5-3-14(27-16)4-7-18(26)24-9-8-23-17-6-2-13(11-25-17)19(20,21)22/h2-7,11-12,15H,8-10H2,1H3,(H,23,25)(H,24,26)/b7-4+/t12-,15-/m0/s1. The summed E-state index contributed by atoms with van der Waals surface area (Å²) in [6.45, 7) is 2.81. The van der Waals surface area contributed by atoms with Crippen molar-refractivity contribution in [2.75, 3.05) is 18.4 Å². The number of nitrogens with one attached hydrogen (secondary N) is 2. The molecule has 8 heteroatoms. The largest absolute Gasteiger partial charge is 0.461 e. The molecule has 27 heavy (non-hydrogen) atoms. The number of aromatic nitrogens is 1. The summed E-state index contributed by atoms with van der Waals surface area (Å²) in [5, 5.41) is 5.51. The third-order valence-electron chi connectivity index (χ3n) is 4.34. The van der Waals surface area contributed by atoms with Crippen LogP contribution in [0.2, 0.25) is 0 Å². The fourth-order valence-electron chi connectivity index (χ4n) is 2.63. The molecule has 0 radical (unpaired) electrons. The van der Waals surface area contributed by atoms with Crippen LogP contribution in [0.5, 0.6) is 0 Å². The van der Waals surface area contributed by atoms with E-state index in [0.717, 1.165) is 24.4 Å². The molecule has 1 aliphatic rings. The van der Waals surface area contributed by atoms with E-state index >= 15 is 0 Å². The molecule has 0 aliphatic heterocycles. The number of pyridine rings is 1. The van der Waals surface area contributed by atoms with E-state index < -0.39 is 11.7 Å². The van der Waals surface area contributed by atoms with Gasteiger partial charge in [0.2, 0.25) is 5.91 Å². The van der Waals surface area contributed by atoms with E-state index in [1.54, 1.807) is 6.08 Å². The Morgan fingerprint density at radius 1 is 1.30 bits per heavy atom. The van der Waals surface area contributed by atoms with Crippen LogP contribution in [0.1, 0.15) is 36.3 Å². The minimum Gasteiger partial charge on any atom is -0.461 e. The summed E-state index contributed by atoms with van der Waals surface area (Å²) in [5.74, 6) is 2.76. The molecule has 1 amide bonds. The lowest BCUT2D eigenvalue weighted by molar-refractivity contribution is -0.137. The smallest absolute Gasteiger partial charge is 0.417 e. The zero-order valence-electron chi connectivity index (χ0n) is 14.7. The molecule has 2 aromatic rings. The Balaban J connectivity index is 1.37. The molecule has 2 aromatic heterocycles. The summed E-state index contributed by atoms with van der Waals surface area (Å²) in [6.07, 6.45) is 0.491. The van der Waals surface area contributed by atoms with Crippen LogP contribution in [-0.4, -0.2) is 24.0 Å². The summed E-state index contributed by atoms with van der Waals surface area (Å²) >= 11 is 0. The van der Waals surface area contributed by atoms with Crippen molar-refractivity contribution in [1.82, 2.24) is 10.3 Å². The van der Waals surface area contributed by atoms with Gasteiger partial charge in [-0.2, -0.15) is 13.2 Å². The number of halogens is 3. The number of carbonyl (C=O) groups excluding carboxylic acids is 1. The number of anilines is 1. The topological polar surface area (TPSA) is 67.2 Å². The molecule has 0 saturated heterocycles. The van der Waals surface area contributed by atoms with Crippen molar-refractivity contribution in [2.24, 2.45) is 5.92 Å². The molecular weight excluding hydrogens is 359 g/mol. The SMILES string of the molecule is C[C@H]1C[C@@H]1c1ccc(/C=C/C(=O)NCCNc2ccc(C(F)(F)F)cn2)o1. The zero-order chi connectivity index (χ0) is 19.4. The van der Waals surface area contributed by atoms with E-state index in [9.17, 15) is 18.0 Å². The second-order valence-corrected chi connectivity index (χ2v) is 6.54. The molecule has 2 N–H and O–H groups in total. The Labute approximate surface area is 154 Å². The first-order valence-corrected chi connectivity index (χ1v) is 8.65. The molecule has 1 saturated carbocycles. The summed E-state index contributed by atoms with van der Waals surface area (Å²) in [4.78, 5) is 15.5. The number of hydrogen-bond donors (Lipinski definition) is 2. The van der Waals surface area contributed by atoms with Crippen LogP contribution in [0.4, 0.5) is 19.0 Å². The van der Waals surface area contributed by atoms with Gasteiger partial charge in [-0.3, -0.25) is 4.79 Å². The van der Waals surface area contributed by atoms with Crippen molar-refractivity contribution in [3.05, 3.63) is 53.6 Å². The van der Waals surface area contributed by atoms with Crippen molar-refractivity contribution in [3.63, 3.8) is 0 Å². The van der Waals surface area contributed by atoms with E-state index in [2.05, 4.69) is 22.5 Å². The average Bonchev–Trinajstić information content (AvgIpc) is 3.17. The van der Waals surface area contributed by atoms with Gasteiger partial charge in [0, 0.05) is 31.3 Å². The Bertz CT molecular complexity index is 812. The average molecular weight is 379 g/mol. The first kappa shape index (κ1) is 19.0.